The standard InChI is InChI=1S/C14H19NO4/c1-9-7-10(5-6-11(9)15)12(16)19-8-14(2,3)13(17)18-4/h5-7H,8,15H2,1-4H3. The number of esters is 2. The Balaban J connectivity index is 2.70. The number of hydrogen-bond acceptors (Lipinski definition) is 5. The Kier molecular flexibility index (Phi) is 4.53. The van der Waals surface area contributed by atoms with Crippen LogP contribution in [0.3, 0.4) is 0 Å². The van der Waals surface area contributed by atoms with Crippen LogP contribution in [-0.4, -0.2) is 25.7 Å². The fourth-order valence-electron chi connectivity index (χ4n) is 1.47. The van der Waals surface area contributed by atoms with E-state index < -0.39 is 17.4 Å². The van der Waals surface area contributed by atoms with Gasteiger partial charge in [0.1, 0.15) is 6.61 Å². The second-order valence-electron chi connectivity index (χ2n) is 5.02. The van der Waals surface area contributed by atoms with Gasteiger partial charge in [0, 0.05) is 5.69 Å². The van der Waals surface area contributed by atoms with Gasteiger partial charge in [0.2, 0.25) is 0 Å². The molecule has 0 heterocycles. The first-order valence-corrected chi connectivity index (χ1v) is 5.89. The number of aryl methyl sites for hydroxylation is 1. The summed E-state index contributed by atoms with van der Waals surface area (Å²) in [6.07, 6.45) is 0. The monoisotopic (exact) mass is 265 g/mol. The summed E-state index contributed by atoms with van der Waals surface area (Å²) in [5, 5.41) is 0. The molecule has 1 aromatic rings. The molecule has 0 atom stereocenters. The van der Waals surface area contributed by atoms with Gasteiger partial charge in [-0.15, -0.1) is 0 Å². The Labute approximate surface area is 112 Å². The molecule has 0 aliphatic heterocycles. The molecule has 0 aliphatic rings. The van der Waals surface area contributed by atoms with Crippen molar-refractivity contribution in [3.8, 4) is 0 Å². The summed E-state index contributed by atoms with van der Waals surface area (Å²) >= 11 is 0. The lowest BCUT2D eigenvalue weighted by Gasteiger charge is -2.20. The van der Waals surface area contributed by atoms with Crippen LogP contribution < -0.4 is 5.73 Å². The number of carbonyl (C=O) groups is 2. The van der Waals surface area contributed by atoms with Gasteiger partial charge < -0.3 is 15.2 Å². The fraction of sp³-hybridized carbons (Fsp3) is 0.429. The maximum absolute atomic E-state index is 11.9. The fourth-order valence-corrected chi connectivity index (χ4v) is 1.47. The molecule has 0 saturated heterocycles. The van der Waals surface area contributed by atoms with Gasteiger partial charge in [0.15, 0.2) is 0 Å². The van der Waals surface area contributed by atoms with Crippen LogP contribution in [0.15, 0.2) is 18.2 Å². The smallest absolute Gasteiger partial charge is 0.338 e. The zero-order valence-corrected chi connectivity index (χ0v) is 11.6. The molecule has 0 bridgehead atoms. The van der Waals surface area contributed by atoms with E-state index in [1.165, 1.54) is 7.11 Å². The molecule has 104 valence electrons. The van der Waals surface area contributed by atoms with Crippen molar-refractivity contribution in [2.45, 2.75) is 20.8 Å². The SMILES string of the molecule is COC(=O)C(C)(C)COC(=O)c1ccc(N)c(C)c1. The first kappa shape index (κ1) is 15.0. The van der Waals surface area contributed by atoms with Gasteiger partial charge in [0.05, 0.1) is 18.1 Å². The molecule has 0 amide bonds. The first-order chi connectivity index (χ1) is 8.77. The Morgan fingerprint density at radius 1 is 1.32 bits per heavy atom. The minimum Gasteiger partial charge on any atom is -0.469 e. The van der Waals surface area contributed by atoms with Crippen LogP contribution in [-0.2, 0) is 14.3 Å². The minimum absolute atomic E-state index is 0.0398. The molecule has 0 radical (unpaired) electrons. The second kappa shape index (κ2) is 5.73. The van der Waals surface area contributed by atoms with Crippen molar-refractivity contribution in [1.82, 2.24) is 0 Å². The van der Waals surface area contributed by atoms with Crippen LogP contribution in [0.25, 0.3) is 0 Å². The molecule has 0 saturated carbocycles. The third-order valence-electron chi connectivity index (χ3n) is 2.81. The number of hydrogen-bond donors (Lipinski definition) is 1. The maximum Gasteiger partial charge on any atom is 0.338 e. The van der Waals surface area contributed by atoms with Crippen molar-refractivity contribution in [3.63, 3.8) is 0 Å². The number of rotatable bonds is 4. The van der Waals surface area contributed by atoms with E-state index in [-0.39, 0.29) is 6.61 Å². The highest BCUT2D eigenvalue weighted by Gasteiger charge is 2.30. The molecule has 1 aromatic carbocycles. The summed E-state index contributed by atoms with van der Waals surface area (Å²) in [7, 11) is 1.30. The van der Waals surface area contributed by atoms with Gasteiger partial charge in [-0.3, -0.25) is 4.79 Å². The average Bonchev–Trinajstić information content (AvgIpc) is 2.38. The van der Waals surface area contributed by atoms with Crippen LogP contribution in [0.5, 0.6) is 0 Å². The molecule has 0 unspecified atom stereocenters. The Bertz CT molecular complexity index is 494. The summed E-state index contributed by atoms with van der Waals surface area (Å²) in [6, 6.07) is 4.90. The molecule has 0 fully saturated rings. The predicted molar refractivity (Wildman–Crippen MR) is 71.7 cm³/mol. The average molecular weight is 265 g/mol. The lowest BCUT2D eigenvalue weighted by Crippen LogP contribution is -2.31. The van der Waals surface area contributed by atoms with Gasteiger partial charge >= 0.3 is 11.9 Å². The van der Waals surface area contributed by atoms with E-state index in [9.17, 15) is 9.59 Å². The zero-order chi connectivity index (χ0) is 14.6. The van der Waals surface area contributed by atoms with E-state index in [2.05, 4.69) is 4.74 Å². The van der Waals surface area contributed by atoms with Crippen LogP contribution in [0.1, 0.15) is 29.8 Å². The zero-order valence-electron chi connectivity index (χ0n) is 11.6. The van der Waals surface area contributed by atoms with Gasteiger partial charge in [0.25, 0.3) is 0 Å². The Morgan fingerprint density at radius 3 is 2.47 bits per heavy atom. The first-order valence-electron chi connectivity index (χ1n) is 5.89. The quantitative estimate of drug-likeness (QED) is 0.664. The Hall–Kier alpha value is -2.04. The van der Waals surface area contributed by atoms with Crippen molar-refractivity contribution in [2.75, 3.05) is 19.5 Å². The second-order valence-corrected chi connectivity index (χ2v) is 5.02. The minimum atomic E-state index is -0.868. The van der Waals surface area contributed by atoms with Crippen molar-refractivity contribution in [2.24, 2.45) is 5.41 Å². The molecular weight excluding hydrogens is 246 g/mol. The van der Waals surface area contributed by atoms with E-state index in [1.807, 2.05) is 6.92 Å². The molecular formula is C14H19NO4. The number of anilines is 1. The van der Waals surface area contributed by atoms with Crippen LogP contribution >= 0.6 is 0 Å². The maximum atomic E-state index is 11.9. The summed E-state index contributed by atoms with van der Waals surface area (Å²) < 4.78 is 9.77. The van der Waals surface area contributed by atoms with Gasteiger partial charge in [-0.2, -0.15) is 0 Å². The lowest BCUT2D eigenvalue weighted by atomic mass is 9.95. The van der Waals surface area contributed by atoms with Gasteiger partial charge in [-0.25, -0.2) is 4.79 Å². The van der Waals surface area contributed by atoms with Gasteiger partial charge in [-0.05, 0) is 44.5 Å². The molecule has 19 heavy (non-hydrogen) atoms. The molecule has 2 N–H and O–H groups in total. The number of methoxy groups -OCH3 is 1. The number of benzene rings is 1. The summed E-state index contributed by atoms with van der Waals surface area (Å²) in [6.45, 7) is 5.08. The third kappa shape index (κ3) is 3.71. The molecule has 0 spiro atoms. The van der Waals surface area contributed by atoms with Crippen LogP contribution in [0.4, 0.5) is 5.69 Å². The number of nitrogen functional groups attached to an aromatic ring is 1. The molecule has 0 aromatic heterocycles. The number of nitrogens with two attached hydrogens (primary N) is 1. The third-order valence-corrected chi connectivity index (χ3v) is 2.81. The summed E-state index contributed by atoms with van der Waals surface area (Å²) in [5.41, 5.74) is 6.64. The summed E-state index contributed by atoms with van der Waals surface area (Å²) in [4.78, 5) is 23.3. The normalized spacial score (nSPS) is 10.9. The van der Waals surface area contributed by atoms with Crippen molar-refractivity contribution < 1.29 is 19.1 Å². The van der Waals surface area contributed by atoms with E-state index in [1.54, 1.807) is 32.0 Å². The van der Waals surface area contributed by atoms with Crippen molar-refractivity contribution in [3.05, 3.63) is 29.3 Å². The molecule has 0 aliphatic carbocycles. The topological polar surface area (TPSA) is 78.6 Å². The lowest BCUT2D eigenvalue weighted by molar-refractivity contribution is -0.152. The Morgan fingerprint density at radius 2 is 1.95 bits per heavy atom. The van der Waals surface area contributed by atoms with E-state index in [0.29, 0.717) is 11.3 Å². The molecule has 5 nitrogen and oxygen atoms in total. The largest absolute Gasteiger partial charge is 0.469 e. The predicted octanol–water partition coefficient (Wildman–Crippen LogP) is 1.93. The van der Waals surface area contributed by atoms with E-state index in [4.69, 9.17) is 10.5 Å². The van der Waals surface area contributed by atoms with Crippen molar-refractivity contribution >= 4 is 17.6 Å². The number of carbonyl (C=O) groups excluding carboxylic acids is 2. The highest BCUT2D eigenvalue weighted by Crippen LogP contribution is 2.19. The van der Waals surface area contributed by atoms with Crippen molar-refractivity contribution in [1.29, 1.82) is 0 Å². The van der Waals surface area contributed by atoms with Crippen LogP contribution in [0.2, 0.25) is 0 Å². The van der Waals surface area contributed by atoms with Gasteiger partial charge in [-0.1, -0.05) is 0 Å². The van der Waals surface area contributed by atoms with E-state index >= 15 is 0 Å². The highest BCUT2D eigenvalue weighted by atomic mass is 16.5. The summed E-state index contributed by atoms with van der Waals surface area (Å²) in [5.74, 6) is -0.908. The van der Waals surface area contributed by atoms with E-state index in [0.717, 1.165) is 5.56 Å². The molecule has 5 heteroatoms. The molecule has 1 rings (SSSR count). The van der Waals surface area contributed by atoms with Crippen LogP contribution in [0, 0.1) is 12.3 Å². The highest BCUT2D eigenvalue weighted by molar-refractivity contribution is 5.90. The number of ether oxygens (including phenoxy) is 2.